The molecule has 34 heavy (non-hydrogen) atoms. The fraction of sp³-hybridized carbons (Fsp3) is 0.345. The van der Waals surface area contributed by atoms with Crippen LogP contribution in [0.4, 0.5) is 15.8 Å². The van der Waals surface area contributed by atoms with Gasteiger partial charge in [0, 0.05) is 16.9 Å². The summed E-state index contributed by atoms with van der Waals surface area (Å²) in [5.74, 6) is 0.369. The molecule has 0 unspecified atom stereocenters. The van der Waals surface area contributed by atoms with Crippen molar-refractivity contribution in [3.05, 3.63) is 83.2 Å². The molecule has 0 saturated heterocycles. The Hall–Kier alpha value is -3.34. The molecule has 0 aromatic heterocycles. The molecule has 3 N–H and O–H groups in total. The average molecular weight is 463 g/mol. The molecular weight excluding hydrogens is 427 g/mol. The summed E-state index contributed by atoms with van der Waals surface area (Å²) in [6.45, 7) is 13.2. The van der Waals surface area contributed by atoms with Gasteiger partial charge in [0.1, 0.15) is 17.3 Å². The van der Waals surface area contributed by atoms with Gasteiger partial charge in [-0.15, -0.1) is 0 Å². The van der Waals surface area contributed by atoms with E-state index in [4.69, 9.17) is 10.5 Å². The maximum atomic E-state index is 13.2. The van der Waals surface area contributed by atoms with E-state index in [9.17, 15) is 9.18 Å². The molecule has 0 aliphatic heterocycles. The summed E-state index contributed by atoms with van der Waals surface area (Å²) in [6, 6.07) is 17.0. The molecule has 0 aliphatic carbocycles. The summed E-state index contributed by atoms with van der Waals surface area (Å²) >= 11 is 0. The summed E-state index contributed by atoms with van der Waals surface area (Å²) in [4.78, 5) is 13.1. The van der Waals surface area contributed by atoms with Crippen LogP contribution in [-0.2, 0) is 10.8 Å². The summed E-state index contributed by atoms with van der Waals surface area (Å²) in [5, 5.41) is 2.79. The molecule has 4 nitrogen and oxygen atoms in total. The zero-order valence-corrected chi connectivity index (χ0v) is 21.0. The van der Waals surface area contributed by atoms with Gasteiger partial charge in [0.25, 0.3) is 5.91 Å². The Labute approximate surface area is 202 Å². The highest BCUT2D eigenvalue weighted by atomic mass is 19.1. The molecule has 3 aromatic carbocycles. The van der Waals surface area contributed by atoms with Crippen LogP contribution in [0, 0.1) is 5.82 Å². The van der Waals surface area contributed by atoms with Crippen molar-refractivity contribution >= 4 is 17.3 Å². The largest absolute Gasteiger partial charge is 0.456 e. The van der Waals surface area contributed by atoms with Crippen LogP contribution in [0.5, 0.6) is 11.5 Å². The number of anilines is 2. The fourth-order valence-corrected chi connectivity index (χ4v) is 3.63. The second kappa shape index (κ2) is 9.88. The molecule has 0 bridgehead atoms. The van der Waals surface area contributed by atoms with Crippen LogP contribution in [0.25, 0.3) is 0 Å². The van der Waals surface area contributed by atoms with Crippen molar-refractivity contribution in [2.45, 2.75) is 65.2 Å². The standard InChI is InChI=1S/C29H35FN2O2/c1-7-28(3,4)19-9-15-26(24(17-19)29(5,6)8-2)34-25-16-12-21(31)18-23(25)27(33)32-22-13-10-20(30)11-14-22/h9-18H,7-8,31H2,1-6H3,(H,32,33). The summed E-state index contributed by atoms with van der Waals surface area (Å²) in [6.07, 6.45) is 1.95. The molecule has 3 rings (SSSR count). The molecule has 5 heteroatoms. The molecule has 0 saturated carbocycles. The number of hydrogen-bond acceptors (Lipinski definition) is 3. The minimum Gasteiger partial charge on any atom is -0.456 e. The fourth-order valence-electron chi connectivity index (χ4n) is 3.63. The lowest BCUT2D eigenvalue weighted by Crippen LogP contribution is -2.21. The number of nitrogen functional groups attached to an aromatic ring is 1. The van der Waals surface area contributed by atoms with Crippen molar-refractivity contribution < 1.29 is 13.9 Å². The van der Waals surface area contributed by atoms with E-state index in [0.717, 1.165) is 18.4 Å². The maximum Gasteiger partial charge on any atom is 0.259 e. The SMILES string of the molecule is CCC(C)(C)c1ccc(Oc2ccc(N)cc2C(=O)Nc2ccc(F)cc2)c(C(C)(C)CC)c1. The molecule has 1 amide bonds. The minimum atomic E-state index is -0.381. The van der Waals surface area contributed by atoms with Gasteiger partial charge in [-0.05, 0) is 77.8 Å². The van der Waals surface area contributed by atoms with E-state index < -0.39 is 0 Å². The summed E-state index contributed by atoms with van der Waals surface area (Å²) in [7, 11) is 0. The molecule has 0 aliphatic rings. The van der Waals surface area contributed by atoms with E-state index in [1.54, 1.807) is 18.2 Å². The van der Waals surface area contributed by atoms with Crippen LogP contribution >= 0.6 is 0 Å². The van der Waals surface area contributed by atoms with E-state index in [1.165, 1.54) is 29.8 Å². The minimum absolute atomic E-state index is 0.0402. The highest BCUT2D eigenvalue weighted by molar-refractivity contribution is 6.06. The normalized spacial score (nSPS) is 11.9. The van der Waals surface area contributed by atoms with Gasteiger partial charge in [0.05, 0.1) is 5.56 Å². The van der Waals surface area contributed by atoms with Crippen molar-refractivity contribution in [1.29, 1.82) is 0 Å². The van der Waals surface area contributed by atoms with Crippen LogP contribution in [0.1, 0.15) is 75.9 Å². The Balaban J connectivity index is 2.02. The third-order valence-electron chi connectivity index (χ3n) is 6.83. The Morgan fingerprint density at radius 2 is 1.50 bits per heavy atom. The molecule has 0 atom stereocenters. The molecule has 0 radical (unpaired) electrons. The number of amides is 1. The van der Waals surface area contributed by atoms with Gasteiger partial charge in [-0.3, -0.25) is 4.79 Å². The van der Waals surface area contributed by atoms with E-state index in [-0.39, 0.29) is 22.6 Å². The number of ether oxygens (including phenoxy) is 1. The summed E-state index contributed by atoms with van der Waals surface area (Å²) in [5.41, 5.74) is 9.50. The number of rotatable bonds is 8. The van der Waals surface area contributed by atoms with Gasteiger partial charge in [-0.1, -0.05) is 53.7 Å². The molecule has 0 fully saturated rings. The van der Waals surface area contributed by atoms with Crippen molar-refractivity contribution in [2.75, 3.05) is 11.1 Å². The first-order valence-electron chi connectivity index (χ1n) is 11.8. The Morgan fingerprint density at radius 1 is 0.882 bits per heavy atom. The smallest absolute Gasteiger partial charge is 0.259 e. The van der Waals surface area contributed by atoms with E-state index >= 15 is 0 Å². The van der Waals surface area contributed by atoms with E-state index in [2.05, 4.69) is 59.0 Å². The average Bonchev–Trinajstić information content (AvgIpc) is 2.81. The maximum absolute atomic E-state index is 13.2. The number of carbonyl (C=O) groups is 1. The number of halogens is 1. The molecule has 180 valence electrons. The van der Waals surface area contributed by atoms with Gasteiger partial charge >= 0.3 is 0 Å². The number of hydrogen-bond donors (Lipinski definition) is 2. The highest BCUT2D eigenvalue weighted by Crippen LogP contribution is 2.41. The second-order valence-corrected chi connectivity index (χ2v) is 10.0. The third-order valence-corrected chi connectivity index (χ3v) is 6.83. The van der Waals surface area contributed by atoms with Crippen LogP contribution < -0.4 is 15.8 Å². The topological polar surface area (TPSA) is 64.3 Å². The van der Waals surface area contributed by atoms with Crippen LogP contribution in [0.15, 0.2) is 60.7 Å². The number of nitrogens with two attached hydrogens (primary N) is 1. The lowest BCUT2D eigenvalue weighted by molar-refractivity contribution is 0.102. The Bertz CT molecular complexity index is 1170. The number of nitrogens with one attached hydrogen (secondary N) is 1. The van der Waals surface area contributed by atoms with Crippen molar-refractivity contribution in [3.63, 3.8) is 0 Å². The van der Waals surface area contributed by atoms with E-state index in [1.807, 2.05) is 6.07 Å². The highest BCUT2D eigenvalue weighted by Gasteiger charge is 2.27. The number of carbonyl (C=O) groups excluding carboxylic acids is 1. The van der Waals surface area contributed by atoms with E-state index in [0.29, 0.717) is 28.4 Å². The molecule has 3 aromatic rings. The molecular formula is C29H35FN2O2. The lowest BCUT2D eigenvalue weighted by Gasteiger charge is -2.30. The first-order chi connectivity index (χ1) is 16.0. The first kappa shape index (κ1) is 25.3. The van der Waals surface area contributed by atoms with Crippen molar-refractivity contribution in [1.82, 2.24) is 0 Å². The number of benzene rings is 3. The zero-order chi connectivity index (χ0) is 25.1. The predicted octanol–water partition coefficient (Wildman–Crippen LogP) is 7.83. The lowest BCUT2D eigenvalue weighted by atomic mass is 9.76. The molecule has 0 spiro atoms. The van der Waals surface area contributed by atoms with Gasteiger partial charge in [0.15, 0.2) is 0 Å². The third kappa shape index (κ3) is 5.58. The Kier molecular flexibility index (Phi) is 7.35. The van der Waals surface area contributed by atoms with Gasteiger partial charge in [-0.2, -0.15) is 0 Å². The van der Waals surface area contributed by atoms with Crippen LogP contribution in [0.2, 0.25) is 0 Å². The van der Waals surface area contributed by atoms with Gasteiger partial charge in [-0.25, -0.2) is 4.39 Å². The van der Waals surface area contributed by atoms with Gasteiger partial charge in [0.2, 0.25) is 0 Å². The van der Waals surface area contributed by atoms with Crippen LogP contribution in [-0.4, -0.2) is 5.91 Å². The quantitative estimate of drug-likeness (QED) is 0.335. The molecule has 0 heterocycles. The van der Waals surface area contributed by atoms with Crippen molar-refractivity contribution in [2.24, 2.45) is 0 Å². The summed E-state index contributed by atoms with van der Waals surface area (Å²) < 4.78 is 19.6. The Morgan fingerprint density at radius 3 is 2.12 bits per heavy atom. The predicted molar refractivity (Wildman–Crippen MR) is 138 cm³/mol. The monoisotopic (exact) mass is 462 g/mol. The van der Waals surface area contributed by atoms with Gasteiger partial charge < -0.3 is 15.8 Å². The zero-order valence-electron chi connectivity index (χ0n) is 21.0. The van der Waals surface area contributed by atoms with Crippen molar-refractivity contribution in [3.8, 4) is 11.5 Å². The second-order valence-electron chi connectivity index (χ2n) is 10.0. The first-order valence-corrected chi connectivity index (χ1v) is 11.8. The van der Waals surface area contributed by atoms with Crippen LogP contribution in [0.3, 0.4) is 0 Å².